The summed E-state index contributed by atoms with van der Waals surface area (Å²) in [5.74, 6) is 1.08. The second-order valence-corrected chi connectivity index (χ2v) is 5.81. The lowest BCUT2D eigenvalue weighted by atomic mass is 9.99. The fraction of sp³-hybridized carbons (Fsp3) is 0.562. The topological polar surface area (TPSA) is 61.8 Å². The van der Waals surface area contributed by atoms with Crippen molar-refractivity contribution in [3.05, 3.63) is 35.9 Å². The summed E-state index contributed by atoms with van der Waals surface area (Å²) in [5.41, 5.74) is 6.95. The van der Waals surface area contributed by atoms with Crippen molar-refractivity contribution in [3.8, 4) is 0 Å². The highest BCUT2D eigenvalue weighted by atomic mass is 16.4. The highest BCUT2D eigenvalue weighted by Gasteiger charge is 2.23. The van der Waals surface area contributed by atoms with Gasteiger partial charge in [-0.3, -0.25) is 4.90 Å². The van der Waals surface area contributed by atoms with Gasteiger partial charge in [-0.1, -0.05) is 48.3 Å². The number of rotatable bonds is 6. The molecule has 4 heteroatoms. The van der Waals surface area contributed by atoms with Crippen LogP contribution < -0.4 is 5.73 Å². The van der Waals surface area contributed by atoms with E-state index >= 15 is 0 Å². The van der Waals surface area contributed by atoms with Crippen LogP contribution in [0.3, 0.4) is 0 Å². The van der Waals surface area contributed by atoms with Crippen molar-refractivity contribution in [2.45, 2.75) is 38.1 Å². The molecule has 0 heterocycles. The van der Waals surface area contributed by atoms with Gasteiger partial charge < -0.3 is 10.9 Å². The molecule has 1 aliphatic rings. The van der Waals surface area contributed by atoms with Gasteiger partial charge in [-0.05, 0) is 31.4 Å². The maximum Gasteiger partial charge on any atom is 0.141 e. The van der Waals surface area contributed by atoms with Crippen LogP contribution in [0.2, 0.25) is 0 Å². The summed E-state index contributed by atoms with van der Waals surface area (Å²) in [6.07, 6.45) is 5.93. The Morgan fingerprint density at radius 3 is 2.60 bits per heavy atom. The van der Waals surface area contributed by atoms with E-state index in [-0.39, 0.29) is 11.9 Å². The molecular formula is C16H25N3O. The lowest BCUT2D eigenvalue weighted by molar-refractivity contribution is 0.210. The monoisotopic (exact) mass is 275 g/mol. The minimum Gasteiger partial charge on any atom is -0.409 e. The zero-order chi connectivity index (χ0) is 14.4. The first kappa shape index (κ1) is 14.9. The third-order valence-corrected chi connectivity index (χ3v) is 4.27. The number of nitrogens with two attached hydrogens (primary N) is 1. The molecule has 0 saturated heterocycles. The van der Waals surface area contributed by atoms with Gasteiger partial charge in [0.25, 0.3) is 0 Å². The van der Waals surface area contributed by atoms with E-state index in [9.17, 15) is 0 Å². The molecule has 4 nitrogen and oxygen atoms in total. The third kappa shape index (κ3) is 3.97. The quantitative estimate of drug-likeness (QED) is 0.363. The number of amidine groups is 1. The van der Waals surface area contributed by atoms with Gasteiger partial charge in [-0.2, -0.15) is 0 Å². The van der Waals surface area contributed by atoms with Crippen LogP contribution in [-0.2, 0) is 0 Å². The molecule has 0 aromatic heterocycles. The summed E-state index contributed by atoms with van der Waals surface area (Å²) in [7, 11) is 2.14. The van der Waals surface area contributed by atoms with Crippen LogP contribution in [0.5, 0.6) is 0 Å². The van der Waals surface area contributed by atoms with Crippen LogP contribution in [-0.4, -0.2) is 29.5 Å². The molecule has 1 aromatic rings. The molecule has 3 N–H and O–H groups in total. The highest BCUT2D eigenvalue weighted by molar-refractivity contribution is 5.80. The van der Waals surface area contributed by atoms with E-state index in [4.69, 9.17) is 10.9 Å². The maximum atomic E-state index is 8.84. The molecule has 2 rings (SSSR count). The lowest BCUT2D eigenvalue weighted by Gasteiger charge is -2.30. The van der Waals surface area contributed by atoms with Gasteiger partial charge in [-0.25, -0.2) is 0 Å². The van der Waals surface area contributed by atoms with E-state index in [0.29, 0.717) is 6.42 Å². The van der Waals surface area contributed by atoms with Crippen molar-refractivity contribution in [2.24, 2.45) is 16.8 Å². The number of nitrogens with zero attached hydrogens (tertiary/aromatic N) is 2. The summed E-state index contributed by atoms with van der Waals surface area (Å²) in [4.78, 5) is 2.35. The molecule has 0 aliphatic heterocycles. The van der Waals surface area contributed by atoms with Crippen LogP contribution in [0.4, 0.5) is 0 Å². The molecule has 1 aliphatic carbocycles. The van der Waals surface area contributed by atoms with E-state index < -0.39 is 0 Å². The van der Waals surface area contributed by atoms with E-state index in [1.54, 1.807) is 0 Å². The minimum absolute atomic E-state index is 0.174. The van der Waals surface area contributed by atoms with Gasteiger partial charge in [0, 0.05) is 19.0 Å². The molecule has 1 unspecified atom stereocenters. The number of benzene rings is 1. The summed E-state index contributed by atoms with van der Waals surface area (Å²) >= 11 is 0. The van der Waals surface area contributed by atoms with E-state index in [0.717, 1.165) is 12.5 Å². The Balaban J connectivity index is 2.08. The number of hydrogen-bond donors (Lipinski definition) is 2. The van der Waals surface area contributed by atoms with E-state index in [2.05, 4.69) is 29.2 Å². The fourth-order valence-corrected chi connectivity index (χ4v) is 3.17. The predicted octanol–water partition coefficient (Wildman–Crippen LogP) is 2.99. The molecule has 1 saturated carbocycles. The normalized spacial score (nSPS) is 18.6. The van der Waals surface area contributed by atoms with Crippen LogP contribution >= 0.6 is 0 Å². The molecule has 1 atom stereocenters. The average Bonchev–Trinajstić information content (AvgIpc) is 2.98. The largest absolute Gasteiger partial charge is 0.409 e. The average molecular weight is 275 g/mol. The molecule has 1 fully saturated rings. The summed E-state index contributed by atoms with van der Waals surface area (Å²) in [6, 6.07) is 10.5. The van der Waals surface area contributed by atoms with Crippen molar-refractivity contribution in [3.63, 3.8) is 0 Å². The molecule has 20 heavy (non-hydrogen) atoms. The van der Waals surface area contributed by atoms with Gasteiger partial charge >= 0.3 is 0 Å². The molecule has 0 amide bonds. The van der Waals surface area contributed by atoms with Gasteiger partial charge in [-0.15, -0.1) is 0 Å². The highest BCUT2D eigenvalue weighted by Crippen LogP contribution is 2.29. The first-order valence-electron chi connectivity index (χ1n) is 7.42. The molecule has 1 aromatic carbocycles. The van der Waals surface area contributed by atoms with Gasteiger partial charge in [0.05, 0.1) is 0 Å². The molecule has 0 bridgehead atoms. The van der Waals surface area contributed by atoms with Crippen molar-refractivity contribution >= 4 is 5.84 Å². The molecule has 0 radical (unpaired) electrons. The Labute approximate surface area is 121 Å². The third-order valence-electron chi connectivity index (χ3n) is 4.27. The first-order chi connectivity index (χ1) is 9.70. The first-order valence-corrected chi connectivity index (χ1v) is 7.42. The standard InChI is InChI=1S/C16H25N3O/c1-19(12-13-7-5-6-8-13)15(11-16(17)18-20)14-9-3-2-4-10-14/h2-4,9-10,13,15,20H,5-8,11-12H2,1H3,(H2,17,18). The Morgan fingerprint density at radius 2 is 2.00 bits per heavy atom. The molecule has 110 valence electrons. The summed E-state index contributed by atoms with van der Waals surface area (Å²) in [5, 5.41) is 12.0. The van der Waals surface area contributed by atoms with Crippen LogP contribution in [0.15, 0.2) is 35.5 Å². The molecule has 0 spiro atoms. The summed E-state index contributed by atoms with van der Waals surface area (Å²) in [6.45, 7) is 1.08. The second-order valence-electron chi connectivity index (χ2n) is 5.81. The van der Waals surface area contributed by atoms with Gasteiger partial charge in [0.2, 0.25) is 0 Å². The fourth-order valence-electron chi connectivity index (χ4n) is 3.17. The van der Waals surface area contributed by atoms with Crippen molar-refractivity contribution in [1.29, 1.82) is 0 Å². The smallest absolute Gasteiger partial charge is 0.141 e. The van der Waals surface area contributed by atoms with Crippen LogP contribution in [0.1, 0.15) is 43.7 Å². The Morgan fingerprint density at radius 1 is 1.35 bits per heavy atom. The van der Waals surface area contributed by atoms with Crippen molar-refractivity contribution in [2.75, 3.05) is 13.6 Å². The van der Waals surface area contributed by atoms with Gasteiger partial charge in [0.1, 0.15) is 5.84 Å². The number of hydrogen-bond acceptors (Lipinski definition) is 3. The van der Waals surface area contributed by atoms with Gasteiger partial charge in [0.15, 0.2) is 0 Å². The minimum atomic E-state index is 0.174. The Bertz CT molecular complexity index is 427. The Hall–Kier alpha value is -1.55. The SMILES string of the molecule is CN(CC1CCCC1)C(CC(N)=NO)c1ccccc1. The number of oxime groups is 1. The van der Waals surface area contributed by atoms with Crippen molar-refractivity contribution < 1.29 is 5.21 Å². The zero-order valence-electron chi connectivity index (χ0n) is 12.2. The van der Waals surface area contributed by atoms with Crippen molar-refractivity contribution in [1.82, 2.24) is 4.90 Å². The Kier molecular flexibility index (Phi) is 5.41. The molecular weight excluding hydrogens is 250 g/mol. The second kappa shape index (κ2) is 7.29. The zero-order valence-corrected chi connectivity index (χ0v) is 12.2. The lowest BCUT2D eigenvalue weighted by Crippen LogP contribution is -2.32. The van der Waals surface area contributed by atoms with E-state index in [1.807, 2.05) is 18.2 Å². The van der Waals surface area contributed by atoms with Crippen LogP contribution in [0.25, 0.3) is 0 Å². The van der Waals surface area contributed by atoms with E-state index in [1.165, 1.54) is 31.2 Å². The van der Waals surface area contributed by atoms with Crippen LogP contribution in [0, 0.1) is 5.92 Å². The predicted molar refractivity (Wildman–Crippen MR) is 81.8 cm³/mol. The maximum absolute atomic E-state index is 8.84. The summed E-state index contributed by atoms with van der Waals surface area (Å²) < 4.78 is 0.